The average molecular weight is 338 g/mol. The van der Waals surface area contributed by atoms with E-state index in [1.807, 2.05) is 36.4 Å². The van der Waals surface area contributed by atoms with Gasteiger partial charge in [-0.25, -0.2) is 4.98 Å². The first-order valence-corrected chi connectivity index (χ1v) is 8.11. The Bertz CT molecular complexity index is 855. The van der Waals surface area contributed by atoms with Crippen molar-refractivity contribution in [3.05, 3.63) is 54.2 Å². The van der Waals surface area contributed by atoms with Crippen molar-refractivity contribution in [1.29, 1.82) is 0 Å². The second-order valence-electron chi connectivity index (χ2n) is 6.02. The van der Waals surface area contributed by atoms with Crippen LogP contribution in [0, 0.1) is 5.92 Å². The summed E-state index contributed by atoms with van der Waals surface area (Å²) in [7, 11) is 1.62. The highest BCUT2D eigenvalue weighted by molar-refractivity contribution is 5.82. The molecule has 0 unspecified atom stereocenters. The first-order chi connectivity index (χ1) is 12.2. The second-order valence-corrected chi connectivity index (χ2v) is 6.02. The smallest absolute Gasteiger partial charge is 0.224 e. The van der Waals surface area contributed by atoms with Gasteiger partial charge in [0.05, 0.1) is 19.9 Å². The normalized spacial score (nSPS) is 18.8. The molecule has 0 aliphatic heterocycles. The SMILES string of the molecule is COc1ccc(-c2n[nH]c(CNC(=O)[C@H]3C[C@@H]3c3ccco3)n2)cc1. The number of furan rings is 1. The van der Waals surface area contributed by atoms with Crippen molar-refractivity contribution in [2.75, 3.05) is 7.11 Å². The largest absolute Gasteiger partial charge is 0.497 e. The number of ether oxygens (including phenoxy) is 1. The Hall–Kier alpha value is -3.09. The Kier molecular flexibility index (Phi) is 3.97. The number of H-pyrrole nitrogens is 1. The van der Waals surface area contributed by atoms with Gasteiger partial charge in [-0.3, -0.25) is 9.89 Å². The van der Waals surface area contributed by atoms with Gasteiger partial charge in [0.1, 0.15) is 17.3 Å². The summed E-state index contributed by atoms with van der Waals surface area (Å²) in [6.07, 6.45) is 2.46. The number of nitrogens with zero attached hydrogens (tertiary/aromatic N) is 2. The van der Waals surface area contributed by atoms with Crippen molar-refractivity contribution >= 4 is 5.91 Å². The molecule has 2 aromatic heterocycles. The summed E-state index contributed by atoms with van der Waals surface area (Å²) in [6, 6.07) is 11.3. The second kappa shape index (κ2) is 6.43. The van der Waals surface area contributed by atoms with E-state index in [2.05, 4.69) is 20.5 Å². The van der Waals surface area contributed by atoms with Crippen LogP contribution in [-0.4, -0.2) is 28.2 Å². The van der Waals surface area contributed by atoms with Crippen molar-refractivity contribution in [1.82, 2.24) is 20.5 Å². The van der Waals surface area contributed by atoms with Gasteiger partial charge in [0.25, 0.3) is 0 Å². The van der Waals surface area contributed by atoms with Crippen LogP contribution in [0.1, 0.15) is 23.9 Å². The minimum Gasteiger partial charge on any atom is -0.497 e. The monoisotopic (exact) mass is 338 g/mol. The Morgan fingerprint density at radius 3 is 2.92 bits per heavy atom. The third-order valence-electron chi connectivity index (χ3n) is 4.35. The Balaban J connectivity index is 1.33. The maximum atomic E-state index is 12.2. The van der Waals surface area contributed by atoms with Gasteiger partial charge in [0, 0.05) is 17.4 Å². The van der Waals surface area contributed by atoms with E-state index in [1.165, 1.54) is 0 Å². The topological polar surface area (TPSA) is 93.0 Å². The molecule has 1 aromatic carbocycles. The lowest BCUT2D eigenvalue weighted by molar-refractivity contribution is -0.122. The van der Waals surface area contributed by atoms with Crippen molar-refractivity contribution in [2.24, 2.45) is 5.92 Å². The molecule has 7 nitrogen and oxygen atoms in total. The number of methoxy groups -OCH3 is 1. The van der Waals surface area contributed by atoms with Crippen LogP contribution >= 0.6 is 0 Å². The number of aromatic nitrogens is 3. The molecular formula is C18H18N4O3. The van der Waals surface area contributed by atoms with Crippen LogP contribution in [0.3, 0.4) is 0 Å². The molecule has 1 aliphatic carbocycles. The van der Waals surface area contributed by atoms with E-state index in [0.29, 0.717) is 18.2 Å². The summed E-state index contributed by atoms with van der Waals surface area (Å²) in [5.74, 6) is 3.06. The maximum absolute atomic E-state index is 12.2. The molecular weight excluding hydrogens is 320 g/mol. The first-order valence-electron chi connectivity index (χ1n) is 8.11. The Morgan fingerprint density at radius 2 is 2.20 bits per heavy atom. The van der Waals surface area contributed by atoms with Crippen molar-refractivity contribution < 1.29 is 13.9 Å². The van der Waals surface area contributed by atoms with Gasteiger partial charge in [0.2, 0.25) is 5.91 Å². The summed E-state index contributed by atoms with van der Waals surface area (Å²) in [5, 5.41) is 9.95. The molecule has 1 aliphatic rings. The minimum absolute atomic E-state index is 0.0174. The molecule has 2 N–H and O–H groups in total. The van der Waals surface area contributed by atoms with Crippen LogP contribution < -0.4 is 10.1 Å². The summed E-state index contributed by atoms with van der Waals surface area (Å²) >= 11 is 0. The number of hydrogen-bond acceptors (Lipinski definition) is 5. The highest BCUT2D eigenvalue weighted by Gasteiger charge is 2.45. The van der Waals surface area contributed by atoms with Crippen LogP contribution in [0.4, 0.5) is 0 Å². The molecule has 0 radical (unpaired) electrons. The molecule has 25 heavy (non-hydrogen) atoms. The van der Waals surface area contributed by atoms with E-state index in [-0.39, 0.29) is 17.7 Å². The summed E-state index contributed by atoms with van der Waals surface area (Å²) < 4.78 is 10.5. The third kappa shape index (κ3) is 3.26. The standard InChI is InChI=1S/C18H18N4O3/c1-24-12-6-4-11(5-7-12)17-20-16(21-22-17)10-19-18(23)14-9-13(14)15-3-2-8-25-15/h2-8,13-14H,9-10H2,1H3,(H,19,23)(H,20,21,22)/t13-,14-/m0/s1. The van der Waals surface area contributed by atoms with E-state index >= 15 is 0 Å². The lowest BCUT2D eigenvalue weighted by Crippen LogP contribution is -2.25. The predicted octanol–water partition coefficient (Wildman–Crippen LogP) is 2.49. The van der Waals surface area contributed by atoms with E-state index < -0.39 is 0 Å². The van der Waals surface area contributed by atoms with Gasteiger partial charge in [0.15, 0.2) is 5.82 Å². The summed E-state index contributed by atoms with van der Waals surface area (Å²) in [6.45, 7) is 0.323. The molecule has 0 saturated heterocycles. The molecule has 7 heteroatoms. The molecule has 2 heterocycles. The van der Waals surface area contributed by atoms with Gasteiger partial charge in [-0.1, -0.05) is 0 Å². The molecule has 1 fully saturated rings. The molecule has 4 rings (SSSR count). The number of nitrogens with one attached hydrogen (secondary N) is 2. The highest BCUT2D eigenvalue weighted by atomic mass is 16.5. The van der Waals surface area contributed by atoms with E-state index in [1.54, 1.807) is 13.4 Å². The van der Waals surface area contributed by atoms with Crippen molar-refractivity contribution in [3.63, 3.8) is 0 Å². The molecule has 3 aromatic rings. The fourth-order valence-corrected chi connectivity index (χ4v) is 2.85. The Labute approximate surface area is 144 Å². The minimum atomic E-state index is -0.0184. The van der Waals surface area contributed by atoms with Crippen LogP contribution in [0.15, 0.2) is 47.1 Å². The quantitative estimate of drug-likeness (QED) is 0.720. The number of aromatic amines is 1. The summed E-state index contributed by atoms with van der Waals surface area (Å²) in [4.78, 5) is 16.6. The molecule has 128 valence electrons. The lowest BCUT2D eigenvalue weighted by atomic mass is 10.2. The molecule has 0 bridgehead atoms. The molecule has 2 atom stereocenters. The number of benzene rings is 1. The lowest BCUT2D eigenvalue weighted by Gasteiger charge is -2.01. The Morgan fingerprint density at radius 1 is 1.36 bits per heavy atom. The fourth-order valence-electron chi connectivity index (χ4n) is 2.85. The van der Waals surface area contributed by atoms with Crippen LogP contribution in [0.2, 0.25) is 0 Å². The fraction of sp³-hybridized carbons (Fsp3) is 0.278. The zero-order chi connectivity index (χ0) is 17.2. The molecule has 1 amide bonds. The molecule has 1 saturated carbocycles. The zero-order valence-corrected chi connectivity index (χ0v) is 13.7. The number of amides is 1. The van der Waals surface area contributed by atoms with Gasteiger partial charge >= 0.3 is 0 Å². The number of hydrogen-bond donors (Lipinski definition) is 2. The van der Waals surface area contributed by atoms with Gasteiger partial charge in [-0.15, -0.1) is 0 Å². The van der Waals surface area contributed by atoms with Crippen molar-refractivity contribution in [3.8, 4) is 17.1 Å². The van der Waals surface area contributed by atoms with Gasteiger partial charge in [-0.2, -0.15) is 5.10 Å². The van der Waals surface area contributed by atoms with Crippen LogP contribution in [-0.2, 0) is 11.3 Å². The molecule has 0 spiro atoms. The van der Waals surface area contributed by atoms with Gasteiger partial charge < -0.3 is 14.5 Å². The zero-order valence-electron chi connectivity index (χ0n) is 13.7. The highest BCUT2D eigenvalue weighted by Crippen LogP contribution is 2.47. The number of carbonyl (C=O) groups excluding carboxylic acids is 1. The van der Waals surface area contributed by atoms with E-state index in [0.717, 1.165) is 23.5 Å². The maximum Gasteiger partial charge on any atom is 0.224 e. The number of carbonyl (C=O) groups is 1. The van der Waals surface area contributed by atoms with Crippen LogP contribution in [0.25, 0.3) is 11.4 Å². The van der Waals surface area contributed by atoms with Crippen molar-refractivity contribution in [2.45, 2.75) is 18.9 Å². The van der Waals surface area contributed by atoms with Gasteiger partial charge in [-0.05, 0) is 42.8 Å². The summed E-state index contributed by atoms with van der Waals surface area (Å²) in [5.41, 5.74) is 0.884. The third-order valence-corrected chi connectivity index (χ3v) is 4.35. The average Bonchev–Trinajstić information content (AvgIpc) is 3.06. The van der Waals surface area contributed by atoms with E-state index in [9.17, 15) is 4.79 Å². The first kappa shape index (κ1) is 15.4. The predicted molar refractivity (Wildman–Crippen MR) is 89.8 cm³/mol. The number of rotatable bonds is 6. The van der Waals surface area contributed by atoms with Crippen LogP contribution in [0.5, 0.6) is 5.75 Å². The van der Waals surface area contributed by atoms with E-state index in [4.69, 9.17) is 9.15 Å².